The molecule has 2 aromatic carbocycles. The molecule has 4 rings (SSSR count). The summed E-state index contributed by atoms with van der Waals surface area (Å²) in [5, 5.41) is 18.3. The minimum atomic E-state index is -0.672. The lowest BCUT2D eigenvalue weighted by Crippen LogP contribution is -2.36. The molecule has 2 aromatic rings. The number of nitrogens with zero attached hydrogens (tertiary/aromatic N) is 1. The highest BCUT2D eigenvalue weighted by Crippen LogP contribution is 2.31. The quantitative estimate of drug-likeness (QED) is 0.603. The van der Waals surface area contributed by atoms with Gasteiger partial charge in [0.25, 0.3) is 0 Å². The predicted octanol–water partition coefficient (Wildman–Crippen LogP) is 1.52. The smallest absolute Gasteiger partial charge is 0.324 e. The van der Waals surface area contributed by atoms with E-state index in [0.29, 0.717) is 12.1 Å². The number of urea groups is 2. The fraction of sp³-hybridized carbons (Fsp3) is 0.250. The van der Waals surface area contributed by atoms with Gasteiger partial charge in [0.05, 0.1) is 25.2 Å². The maximum absolute atomic E-state index is 12.4. The molecule has 144 valence electrons. The van der Waals surface area contributed by atoms with Crippen LogP contribution in [-0.4, -0.2) is 40.6 Å². The normalized spacial score (nSPS) is 20.7. The van der Waals surface area contributed by atoms with Crippen LogP contribution in [0.3, 0.4) is 0 Å². The Kier molecular flexibility index (Phi) is 4.70. The Bertz CT molecular complexity index is 929. The predicted molar refractivity (Wildman–Crippen MR) is 101 cm³/mol. The fourth-order valence-electron chi connectivity index (χ4n) is 3.60. The second kappa shape index (κ2) is 7.32. The Morgan fingerprint density at radius 2 is 2.00 bits per heavy atom. The minimum absolute atomic E-state index is 0.00433. The molecule has 1 aliphatic heterocycles. The van der Waals surface area contributed by atoms with Gasteiger partial charge in [-0.3, -0.25) is 9.69 Å². The van der Waals surface area contributed by atoms with Gasteiger partial charge >= 0.3 is 12.1 Å². The molecule has 4 N–H and O–H groups in total. The number of rotatable bonds is 4. The maximum Gasteiger partial charge on any atom is 0.324 e. The molecule has 0 radical (unpaired) electrons. The third-order valence-electron chi connectivity index (χ3n) is 4.95. The Morgan fingerprint density at radius 1 is 1.18 bits per heavy atom. The van der Waals surface area contributed by atoms with Crippen molar-refractivity contribution in [3.63, 3.8) is 0 Å². The van der Waals surface area contributed by atoms with Gasteiger partial charge in [-0.1, -0.05) is 36.4 Å². The van der Waals surface area contributed by atoms with Crippen LogP contribution in [-0.2, 0) is 17.8 Å². The van der Waals surface area contributed by atoms with Crippen LogP contribution in [0.25, 0.3) is 0 Å². The minimum Gasteiger partial charge on any atom is -0.390 e. The average Bonchev–Trinajstić information content (AvgIpc) is 3.16. The zero-order valence-electron chi connectivity index (χ0n) is 15.0. The summed E-state index contributed by atoms with van der Waals surface area (Å²) in [6.07, 6.45) is -0.170. The number of imide groups is 1. The van der Waals surface area contributed by atoms with Gasteiger partial charge in [-0.15, -0.1) is 0 Å². The molecule has 0 saturated carbocycles. The number of nitrogens with one attached hydrogen (secondary N) is 3. The summed E-state index contributed by atoms with van der Waals surface area (Å²) >= 11 is 0. The van der Waals surface area contributed by atoms with Crippen molar-refractivity contribution in [3.05, 3.63) is 65.2 Å². The number of benzene rings is 2. The number of carbonyl (C=O) groups is 3. The van der Waals surface area contributed by atoms with Crippen molar-refractivity contribution in [2.75, 3.05) is 11.9 Å². The molecule has 8 heteroatoms. The Balaban J connectivity index is 1.41. The van der Waals surface area contributed by atoms with E-state index in [-0.39, 0.29) is 19.0 Å². The van der Waals surface area contributed by atoms with E-state index in [9.17, 15) is 19.5 Å². The molecule has 1 heterocycles. The molecule has 1 fully saturated rings. The molecule has 8 nitrogen and oxygen atoms in total. The molecule has 1 saturated heterocycles. The van der Waals surface area contributed by atoms with E-state index in [0.717, 1.165) is 21.6 Å². The number of hydrogen-bond acceptors (Lipinski definition) is 4. The van der Waals surface area contributed by atoms with Gasteiger partial charge in [-0.25, -0.2) is 9.59 Å². The number of hydrogen-bond donors (Lipinski definition) is 4. The van der Waals surface area contributed by atoms with Crippen LogP contribution < -0.4 is 16.0 Å². The van der Waals surface area contributed by atoms with Gasteiger partial charge in [0.15, 0.2) is 0 Å². The summed E-state index contributed by atoms with van der Waals surface area (Å²) in [6, 6.07) is 13.2. The monoisotopic (exact) mass is 380 g/mol. The number of anilines is 1. The number of amides is 5. The molecule has 28 heavy (non-hydrogen) atoms. The van der Waals surface area contributed by atoms with E-state index in [1.807, 2.05) is 24.3 Å². The molecule has 0 bridgehead atoms. The summed E-state index contributed by atoms with van der Waals surface area (Å²) in [6.45, 7) is 0.140. The summed E-state index contributed by atoms with van der Waals surface area (Å²) in [7, 11) is 0. The lowest BCUT2D eigenvalue weighted by Gasteiger charge is -2.19. The first kappa shape index (κ1) is 18.0. The van der Waals surface area contributed by atoms with Gasteiger partial charge < -0.3 is 21.1 Å². The third-order valence-corrected chi connectivity index (χ3v) is 4.95. The van der Waals surface area contributed by atoms with E-state index in [1.54, 1.807) is 24.3 Å². The van der Waals surface area contributed by atoms with E-state index in [1.165, 1.54) is 0 Å². The first-order valence-electron chi connectivity index (χ1n) is 9.02. The Hall–Kier alpha value is -3.39. The molecule has 0 spiro atoms. The second-order valence-electron chi connectivity index (χ2n) is 6.89. The van der Waals surface area contributed by atoms with Crippen LogP contribution >= 0.6 is 0 Å². The molecule has 2 aliphatic rings. The SMILES string of the molecule is O=C(Nc1cccc(CN2C(=O)CNC2=O)c1)N[C@@H]1c2ccccc2C[C@@H]1O. The summed E-state index contributed by atoms with van der Waals surface area (Å²) in [4.78, 5) is 36.9. The van der Waals surface area contributed by atoms with Gasteiger partial charge in [0, 0.05) is 12.1 Å². The van der Waals surface area contributed by atoms with Crippen molar-refractivity contribution in [2.24, 2.45) is 0 Å². The summed E-state index contributed by atoms with van der Waals surface area (Å²) in [5.74, 6) is -0.282. The van der Waals surface area contributed by atoms with Crippen LogP contribution in [0.15, 0.2) is 48.5 Å². The Labute approximate surface area is 161 Å². The Morgan fingerprint density at radius 3 is 2.79 bits per heavy atom. The highest BCUT2D eigenvalue weighted by Gasteiger charge is 2.32. The molecule has 0 aromatic heterocycles. The van der Waals surface area contributed by atoms with Gasteiger partial charge in [0.2, 0.25) is 5.91 Å². The number of carbonyl (C=O) groups excluding carboxylic acids is 3. The largest absolute Gasteiger partial charge is 0.390 e. The first-order chi connectivity index (χ1) is 13.5. The summed E-state index contributed by atoms with van der Waals surface area (Å²) in [5.41, 5.74) is 3.19. The van der Waals surface area contributed by atoms with E-state index >= 15 is 0 Å². The van der Waals surface area contributed by atoms with Crippen LogP contribution in [0, 0.1) is 0 Å². The number of fused-ring (bicyclic) bond motifs is 1. The van der Waals surface area contributed by atoms with Crippen LogP contribution in [0.2, 0.25) is 0 Å². The van der Waals surface area contributed by atoms with E-state index in [2.05, 4.69) is 16.0 Å². The lowest BCUT2D eigenvalue weighted by atomic mass is 10.1. The maximum atomic E-state index is 12.4. The van der Waals surface area contributed by atoms with Crippen molar-refractivity contribution < 1.29 is 19.5 Å². The van der Waals surface area contributed by atoms with E-state index in [4.69, 9.17) is 0 Å². The standard InChI is InChI=1S/C20H20N4O4/c25-16-9-13-5-1-2-7-15(13)18(16)23-19(27)22-14-6-3-4-12(8-14)11-24-17(26)10-21-20(24)28/h1-8,16,18,25H,9-11H2,(H,21,28)(H2,22,23,27)/t16-,18+/m0/s1. The molecule has 5 amide bonds. The summed E-state index contributed by atoms with van der Waals surface area (Å²) < 4.78 is 0. The van der Waals surface area contributed by atoms with Crippen molar-refractivity contribution in [1.82, 2.24) is 15.5 Å². The average molecular weight is 380 g/mol. The first-order valence-corrected chi connectivity index (χ1v) is 9.02. The highest BCUT2D eigenvalue weighted by molar-refractivity contribution is 6.01. The molecule has 2 atom stereocenters. The highest BCUT2D eigenvalue weighted by atomic mass is 16.3. The van der Waals surface area contributed by atoms with Crippen LogP contribution in [0.1, 0.15) is 22.7 Å². The number of aliphatic hydroxyl groups excluding tert-OH is 1. The van der Waals surface area contributed by atoms with Gasteiger partial charge in [-0.2, -0.15) is 0 Å². The lowest BCUT2D eigenvalue weighted by molar-refractivity contribution is -0.125. The second-order valence-corrected chi connectivity index (χ2v) is 6.89. The zero-order chi connectivity index (χ0) is 19.7. The topological polar surface area (TPSA) is 111 Å². The third kappa shape index (κ3) is 3.54. The number of aliphatic hydroxyl groups is 1. The van der Waals surface area contributed by atoms with Crippen LogP contribution in [0.5, 0.6) is 0 Å². The molecular weight excluding hydrogens is 360 g/mol. The fourth-order valence-corrected chi connectivity index (χ4v) is 3.60. The zero-order valence-corrected chi connectivity index (χ0v) is 15.0. The molecular formula is C20H20N4O4. The van der Waals surface area contributed by atoms with Crippen molar-refractivity contribution in [1.29, 1.82) is 0 Å². The van der Waals surface area contributed by atoms with Gasteiger partial charge in [-0.05, 0) is 28.8 Å². The van der Waals surface area contributed by atoms with E-state index < -0.39 is 24.2 Å². The van der Waals surface area contributed by atoms with Gasteiger partial charge in [0.1, 0.15) is 0 Å². The van der Waals surface area contributed by atoms with Crippen LogP contribution in [0.4, 0.5) is 15.3 Å². The molecule has 0 unspecified atom stereocenters. The van der Waals surface area contributed by atoms with Crippen molar-refractivity contribution >= 4 is 23.7 Å². The van der Waals surface area contributed by atoms with Crippen molar-refractivity contribution in [3.8, 4) is 0 Å². The van der Waals surface area contributed by atoms with Crippen molar-refractivity contribution in [2.45, 2.75) is 25.1 Å². The molecule has 1 aliphatic carbocycles.